The smallest absolute Gasteiger partial charge is 0.236 e. The summed E-state index contributed by atoms with van der Waals surface area (Å²) in [4.78, 5) is 29.3. The topological polar surface area (TPSA) is 82.1 Å². The van der Waals surface area contributed by atoms with Crippen molar-refractivity contribution in [1.82, 2.24) is 15.1 Å². The predicted octanol–water partition coefficient (Wildman–Crippen LogP) is 1.05. The maximum Gasteiger partial charge on any atom is 0.236 e. The fraction of sp³-hybridized carbons (Fsp3) is 0.636. The minimum Gasteiger partial charge on any atom is -0.497 e. The summed E-state index contributed by atoms with van der Waals surface area (Å²) >= 11 is 0. The Balaban J connectivity index is 1.71. The fourth-order valence-electron chi connectivity index (χ4n) is 4.30. The van der Waals surface area contributed by atoms with E-state index < -0.39 is 5.41 Å². The lowest BCUT2D eigenvalue weighted by molar-refractivity contribution is -0.154. The number of likely N-dealkylation sites (tertiary alicyclic amines) is 1. The van der Waals surface area contributed by atoms with Crippen LogP contribution in [0.3, 0.4) is 0 Å². The summed E-state index contributed by atoms with van der Waals surface area (Å²) in [6.07, 6.45) is 3.35. The van der Waals surface area contributed by atoms with Gasteiger partial charge in [-0.2, -0.15) is 0 Å². The number of carbonyl (C=O) groups is 2. The van der Waals surface area contributed by atoms with Gasteiger partial charge in [0.25, 0.3) is 0 Å². The third kappa shape index (κ3) is 5.28. The first-order valence-electron chi connectivity index (χ1n) is 10.4. The summed E-state index contributed by atoms with van der Waals surface area (Å²) in [5, 5.41) is 12.9. The Labute approximate surface area is 173 Å². The van der Waals surface area contributed by atoms with Crippen LogP contribution in [0.4, 0.5) is 0 Å². The van der Waals surface area contributed by atoms with Gasteiger partial charge in [0, 0.05) is 19.1 Å². The molecule has 0 radical (unpaired) electrons. The van der Waals surface area contributed by atoms with Gasteiger partial charge in [-0.15, -0.1) is 0 Å². The number of benzene rings is 1. The molecule has 1 aliphatic heterocycles. The average molecular weight is 404 g/mol. The van der Waals surface area contributed by atoms with E-state index in [2.05, 4.69) is 5.32 Å². The molecule has 2 amide bonds. The van der Waals surface area contributed by atoms with E-state index in [4.69, 9.17) is 4.74 Å². The molecule has 0 spiro atoms. The molecule has 7 nitrogen and oxygen atoms in total. The van der Waals surface area contributed by atoms with Crippen LogP contribution in [0.2, 0.25) is 0 Å². The van der Waals surface area contributed by atoms with Gasteiger partial charge in [-0.1, -0.05) is 12.1 Å². The molecule has 1 aromatic carbocycles. The molecule has 7 heteroatoms. The molecule has 2 aliphatic rings. The first kappa shape index (κ1) is 21.6. The highest BCUT2D eigenvalue weighted by Crippen LogP contribution is 2.36. The van der Waals surface area contributed by atoms with Crippen molar-refractivity contribution >= 4 is 11.8 Å². The maximum absolute atomic E-state index is 13.3. The molecule has 2 N–H and O–H groups in total. The summed E-state index contributed by atoms with van der Waals surface area (Å²) in [6.45, 7) is 1.20. The maximum atomic E-state index is 13.3. The number of amides is 2. The molecule has 0 aromatic heterocycles. The molecule has 1 saturated carbocycles. The van der Waals surface area contributed by atoms with Crippen molar-refractivity contribution < 1.29 is 19.4 Å². The number of aliphatic hydroxyl groups is 1. The van der Waals surface area contributed by atoms with Gasteiger partial charge in [-0.25, -0.2) is 0 Å². The van der Waals surface area contributed by atoms with Gasteiger partial charge in [0.15, 0.2) is 0 Å². The number of hydrogen-bond donors (Lipinski definition) is 2. The third-order valence-corrected chi connectivity index (χ3v) is 5.98. The number of nitrogens with zero attached hydrogens (tertiary/aromatic N) is 2. The van der Waals surface area contributed by atoms with Crippen molar-refractivity contribution in [3.05, 3.63) is 29.8 Å². The van der Waals surface area contributed by atoms with Crippen molar-refractivity contribution in [2.75, 3.05) is 40.8 Å². The highest BCUT2D eigenvalue weighted by Gasteiger charge is 2.51. The lowest BCUT2D eigenvalue weighted by atomic mass is 9.73. The van der Waals surface area contributed by atoms with E-state index in [-0.39, 0.29) is 24.0 Å². The second kappa shape index (κ2) is 9.13. The van der Waals surface area contributed by atoms with Crippen LogP contribution >= 0.6 is 0 Å². The number of aliphatic hydroxyl groups excluding tert-OH is 1. The van der Waals surface area contributed by atoms with Gasteiger partial charge in [-0.3, -0.25) is 9.59 Å². The van der Waals surface area contributed by atoms with Crippen LogP contribution in [0.15, 0.2) is 24.3 Å². The van der Waals surface area contributed by atoms with E-state index in [0.29, 0.717) is 26.1 Å². The van der Waals surface area contributed by atoms with Crippen LogP contribution in [-0.4, -0.2) is 79.7 Å². The van der Waals surface area contributed by atoms with Gasteiger partial charge in [-0.05, 0) is 63.9 Å². The van der Waals surface area contributed by atoms with Crippen molar-refractivity contribution in [2.45, 2.75) is 44.2 Å². The molecule has 1 aromatic rings. The Morgan fingerprint density at radius 3 is 2.55 bits per heavy atom. The van der Waals surface area contributed by atoms with Crippen LogP contribution in [0, 0.1) is 5.41 Å². The zero-order valence-corrected chi connectivity index (χ0v) is 17.7. The molecular weight excluding hydrogens is 370 g/mol. The number of hydrogen-bond acceptors (Lipinski definition) is 5. The second-order valence-corrected chi connectivity index (χ2v) is 8.78. The zero-order chi connectivity index (χ0) is 21.0. The second-order valence-electron chi connectivity index (χ2n) is 8.78. The first-order valence-corrected chi connectivity index (χ1v) is 10.4. The highest BCUT2D eigenvalue weighted by atomic mass is 16.5. The van der Waals surface area contributed by atoms with Gasteiger partial charge >= 0.3 is 0 Å². The van der Waals surface area contributed by atoms with Crippen molar-refractivity contribution in [3.63, 3.8) is 0 Å². The number of likely N-dealkylation sites (N-methyl/N-ethyl adjacent to an activating group) is 1. The Kier molecular flexibility index (Phi) is 6.80. The lowest BCUT2D eigenvalue weighted by Crippen LogP contribution is -2.67. The summed E-state index contributed by atoms with van der Waals surface area (Å²) in [5.41, 5.74) is 0.406. The number of carbonyl (C=O) groups excluding carboxylic acids is 2. The number of methoxy groups -OCH3 is 1. The average Bonchev–Trinajstić information content (AvgIpc) is 2.65. The molecule has 1 aliphatic carbocycles. The lowest BCUT2D eigenvalue weighted by Gasteiger charge is -2.50. The monoisotopic (exact) mass is 403 g/mol. The van der Waals surface area contributed by atoms with E-state index >= 15 is 0 Å². The van der Waals surface area contributed by atoms with E-state index in [0.717, 1.165) is 37.0 Å². The fourth-order valence-corrected chi connectivity index (χ4v) is 4.30. The van der Waals surface area contributed by atoms with Crippen molar-refractivity contribution in [1.29, 1.82) is 0 Å². The van der Waals surface area contributed by atoms with Crippen LogP contribution in [-0.2, 0) is 16.0 Å². The molecule has 0 bridgehead atoms. The number of nitrogens with one attached hydrogen (secondary N) is 1. The molecule has 29 heavy (non-hydrogen) atoms. The summed E-state index contributed by atoms with van der Waals surface area (Å²) in [5.74, 6) is 0.819. The van der Waals surface area contributed by atoms with Gasteiger partial charge in [0.05, 0.1) is 25.2 Å². The summed E-state index contributed by atoms with van der Waals surface area (Å²) in [7, 11) is 5.36. The Hall–Kier alpha value is -2.12. The molecule has 160 valence electrons. The highest BCUT2D eigenvalue weighted by molar-refractivity contribution is 5.88. The number of ether oxygens (including phenoxy) is 1. The third-order valence-electron chi connectivity index (χ3n) is 5.98. The molecule has 1 saturated heterocycles. The van der Waals surface area contributed by atoms with Crippen LogP contribution in [0.1, 0.15) is 31.2 Å². The first-order chi connectivity index (χ1) is 13.8. The standard InChI is InChI=1S/C22H33N3O4/c1-24(2)13-20(27)25-14-22(15-25,12-16-5-4-6-19(11-16)29-3)21(28)23-17-7-9-18(26)10-8-17/h4-6,11,17-18,26H,7-10,12-15H2,1-3H3,(H,23,28). The SMILES string of the molecule is COc1cccc(CC2(C(=O)NC3CCC(O)CC3)CN(C(=O)CN(C)C)C2)c1. The molecular formula is C22H33N3O4. The van der Waals surface area contributed by atoms with E-state index in [1.54, 1.807) is 12.0 Å². The normalized spacial score (nSPS) is 23.4. The minimum absolute atomic E-state index is 0.00983. The predicted molar refractivity (Wildman–Crippen MR) is 111 cm³/mol. The Morgan fingerprint density at radius 1 is 1.24 bits per heavy atom. The van der Waals surface area contributed by atoms with Gasteiger partial charge in [0.2, 0.25) is 11.8 Å². The van der Waals surface area contributed by atoms with Crippen LogP contribution in [0.25, 0.3) is 0 Å². The largest absolute Gasteiger partial charge is 0.497 e. The molecule has 2 fully saturated rings. The Bertz CT molecular complexity index is 723. The molecule has 0 atom stereocenters. The van der Waals surface area contributed by atoms with Gasteiger partial charge in [0.1, 0.15) is 5.75 Å². The minimum atomic E-state index is -0.621. The Morgan fingerprint density at radius 2 is 1.93 bits per heavy atom. The number of rotatable bonds is 7. The summed E-state index contributed by atoms with van der Waals surface area (Å²) in [6, 6.07) is 7.86. The molecule has 1 heterocycles. The van der Waals surface area contributed by atoms with Crippen molar-refractivity contribution in [2.24, 2.45) is 5.41 Å². The molecule has 0 unspecified atom stereocenters. The van der Waals surface area contributed by atoms with Crippen LogP contribution in [0.5, 0.6) is 5.75 Å². The van der Waals surface area contributed by atoms with Crippen molar-refractivity contribution in [3.8, 4) is 5.75 Å². The van der Waals surface area contributed by atoms with Crippen LogP contribution < -0.4 is 10.1 Å². The quantitative estimate of drug-likeness (QED) is 0.711. The molecule has 3 rings (SSSR count). The van der Waals surface area contributed by atoms with E-state index in [1.807, 2.05) is 43.3 Å². The van der Waals surface area contributed by atoms with Gasteiger partial charge < -0.3 is 25.0 Å². The van der Waals surface area contributed by atoms with E-state index in [9.17, 15) is 14.7 Å². The zero-order valence-electron chi connectivity index (χ0n) is 17.7. The van der Waals surface area contributed by atoms with E-state index in [1.165, 1.54) is 0 Å². The summed E-state index contributed by atoms with van der Waals surface area (Å²) < 4.78 is 5.32.